The van der Waals surface area contributed by atoms with E-state index >= 15 is 0 Å². The maximum Gasteiger partial charge on any atom is 0.422 e. The molecule has 11 heteroatoms. The van der Waals surface area contributed by atoms with Gasteiger partial charge in [0.05, 0.1) is 16.3 Å². The van der Waals surface area contributed by atoms with Crippen molar-refractivity contribution >= 4 is 33.2 Å². The molecule has 2 aromatic carbocycles. The Morgan fingerprint density at radius 2 is 1.74 bits per heavy atom. The number of anilines is 2. The van der Waals surface area contributed by atoms with Gasteiger partial charge in [-0.15, -0.1) is 0 Å². The molecule has 0 spiro atoms. The van der Waals surface area contributed by atoms with Crippen molar-refractivity contribution in [1.29, 1.82) is 0 Å². The van der Waals surface area contributed by atoms with E-state index < -0.39 is 33.5 Å². The van der Waals surface area contributed by atoms with Crippen LogP contribution < -0.4 is 21.5 Å². The number of ether oxygens (including phenoxy) is 1. The monoisotopic (exact) mass is 494 g/mol. The van der Waals surface area contributed by atoms with Gasteiger partial charge in [0.1, 0.15) is 17.5 Å². The van der Waals surface area contributed by atoms with Crippen LogP contribution in [0.3, 0.4) is 0 Å². The number of nitrogens with one attached hydrogen (secondary N) is 4. The first-order valence-electron chi connectivity index (χ1n) is 10.7. The molecule has 0 radical (unpaired) electrons. The minimum absolute atomic E-state index is 0.000277. The van der Waals surface area contributed by atoms with Gasteiger partial charge in [0.25, 0.3) is 0 Å². The summed E-state index contributed by atoms with van der Waals surface area (Å²) in [5.74, 6) is -0.875. The van der Waals surface area contributed by atoms with Gasteiger partial charge in [0, 0.05) is 12.8 Å². The Balaban J connectivity index is 2.21. The summed E-state index contributed by atoms with van der Waals surface area (Å²) >= 11 is 0. The Morgan fingerprint density at radius 1 is 1.09 bits per heavy atom. The van der Waals surface area contributed by atoms with E-state index in [2.05, 4.69) is 21.5 Å². The first-order chi connectivity index (χ1) is 15.8. The fraction of sp³-hybridized carbons (Fsp3) is 0.391. The molecule has 2 rings (SSSR count). The molecule has 1 unspecified atom stereocenters. The average Bonchev–Trinajstić information content (AvgIpc) is 2.72. The fourth-order valence-electron chi connectivity index (χ4n) is 2.94. The summed E-state index contributed by atoms with van der Waals surface area (Å²) < 4.78 is 43.0. The van der Waals surface area contributed by atoms with Gasteiger partial charge in [0.15, 0.2) is 9.84 Å². The van der Waals surface area contributed by atoms with Crippen LogP contribution in [0.15, 0.2) is 47.4 Å². The molecule has 0 saturated carbocycles. The van der Waals surface area contributed by atoms with Crippen LogP contribution >= 0.6 is 0 Å². The summed E-state index contributed by atoms with van der Waals surface area (Å²) in [5, 5.41) is 5.75. The van der Waals surface area contributed by atoms with Crippen LogP contribution in [0.1, 0.15) is 39.7 Å². The van der Waals surface area contributed by atoms with Crippen molar-refractivity contribution < 1.29 is 27.1 Å². The van der Waals surface area contributed by atoms with E-state index in [-0.39, 0.29) is 28.6 Å². The predicted octanol–water partition coefficient (Wildman–Crippen LogP) is 3.59. The van der Waals surface area contributed by atoms with Crippen LogP contribution in [-0.4, -0.2) is 38.3 Å². The van der Waals surface area contributed by atoms with Crippen LogP contribution in [0.4, 0.5) is 20.6 Å². The molecule has 0 aromatic heterocycles. The van der Waals surface area contributed by atoms with Gasteiger partial charge in [-0.25, -0.2) is 23.0 Å². The molecule has 2 aromatic rings. The molecule has 0 aliphatic heterocycles. The summed E-state index contributed by atoms with van der Waals surface area (Å²) in [5.41, 5.74) is 5.44. The number of halogens is 1. The van der Waals surface area contributed by atoms with Gasteiger partial charge >= 0.3 is 6.09 Å². The maximum atomic E-state index is 13.2. The summed E-state index contributed by atoms with van der Waals surface area (Å²) in [6, 6.07) is 9.44. The van der Waals surface area contributed by atoms with Crippen LogP contribution in [0, 0.1) is 5.82 Å². The lowest BCUT2D eigenvalue weighted by Crippen LogP contribution is -2.50. The highest BCUT2D eigenvalue weighted by molar-refractivity contribution is 7.90. The topological polar surface area (TPSA) is 126 Å². The lowest BCUT2D eigenvalue weighted by Gasteiger charge is -2.23. The zero-order chi connectivity index (χ0) is 25.5. The molecule has 2 amide bonds. The van der Waals surface area contributed by atoms with E-state index in [9.17, 15) is 22.4 Å². The zero-order valence-corrected chi connectivity index (χ0v) is 20.7. The molecule has 4 N–H and O–H groups in total. The van der Waals surface area contributed by atoms with Gasteiger partial charge in [-0.1, -0.05) is 25.1 Å². The van der Waals surface area contributed by atoms with Crippen molar-refractivity contribution in [1.82, 2.24) is 10.9 Å². The van der Waals surface area contributed by atoms with E-state index in [4.69, 9.17) is 4.74 Å². The highest BCUT2D eigenvalue weighted by Crippen LogP contribution is 2.30. The Bertz CT molecular complexity index is 1120. The quantitative estimate of drug-likeness (QED) is 0.393. The maximum absolute atomic E-state index is 13.2. The van der Waals surface area contributed by atoms with Crippen molar-refractivity contribution in [3.63, 3.8) is 0 Å². The lowest BCUT2D eigenvalue weighted by molar-refractivity contribution is -0.118. The Morgan fingerprint density at radius 3 is 2.29 bits per heavy atom. The first kappa shape index (κ1) is 27.1. The van der Waals surface area contributed by atoms with Gasteiger partial charge < -0.3 is 15.4 Å². The Hall–Kier alpha value is -3.18. The summed E-state index contributed by atoms with van der Waals surface area (Å²) in [6.45, 7) is 7.09. The van der Waals surface area contributed by atoms with E-state index in [1.165, 1.54) is 24.3 Å². The highest BCUT2D eigenvalue weighted by Gasteiger charge is 2.23. The number of carbonyl (C=O) groups is 2. The third kappa shape index (κ3) is 8.31. The number of benzene rings is 2. The molecule has 9 nitrogen and oxygen atoms in total. The van der Waals surface area contributed by atoms with Crippen molar-refractivity contribution in [2.45, 2.75) is 57.2 Å². The number of hydrogen-bond acceptors (Lipinski definition) is 7. The number of hydrogen-bond donors (Lipinski definition) is 4. The minimum atomic E-state index is -3.63. The molecular formula is C23H31FN4O5S. The van der Waals surface area contributed by atoms with Crippen LogP contribution in [-0.2, 0) is 25.9 Å². The molecule has 0 heterocycles. The molecule has 0 fully saturated rings. The van der Waals surface area contributed by atoms with Crippen molar-refractivity contribution in [2.24, 2.45) is 0 Å². The van der Waals surface area contributed by atoms with Crippen molar-refractivity contribution in [2.75, 3.05) is 16.9 Å². The number of amides is 2. The molecular weight excluding hydrogens is 463 g/mol. The lowest BCUT2D eigenvalue weighted by atomic mass is 10.2. The number of sulfone groups is 1. The number of rotatable bonds is 9. The van der Waals surface area contributed by atoms with Crippen LogP contribution in [0.25, 0.3) is 0 Å². The van der Waals surface area contributed by atoms with Gasteiger partial charge in [-0.3, -0.25) is 10.2 Å². The third-order valence-corrected chi connectivity index (χ3v) is 5.68. The summed E-state index contributed by atoms with van der Waals surface area (Å²) in [6.07, 6.45) is 0.656. The van der Waals surface area contributed by atoms with Crippen LogP contribution in [0.2, 0.25) is 0 Å². The smallest absolute Gasteiger partial charge is 0.422 e. The second kappa shape index (κ2) is 11.3. The predicted molar refractivity (Wildman–Crippen MR) is 128 cm³/mol. The third-order valence-electron chi connectivity index (χ3n) is 4.54. The molecule has 34 heavy (non-hydrogen) atoms. The van der Waals surface area contributed by atoms with E-state index in [1.54, 1.807) is 45.9 Å². The molecule has 0 aliphatic rings. The summed E-state index contributed by atoms with van der Waals surface area (Å²) in [7, 11) is -3.63. The zero-order valence-electron chi connectivity index (χ0n) is 19.9. The Kier molecular flexibility index (Phi) is 9.00. The normalized spacial score (nSPS) is 12.5. The highest BCUT2D eigenvalue weighted by atomic mass is 32.2. The van der Waals surface area contributed by atoms with Gasteiger partial charge in [-0.05, 0) is 57.0 Å². The first-order valence-corrected chi connectivity index (χ1v) is 12.6. The largest absolute Gasteiger partial charge is 0.443 e. The second-order valence-corrected chi connectivity index (χ2v) is 10.6. The van der Waals surface area contributed by atoms with Crippen LogP contribution in [0.5, 0.6) is 0 Å². The molecule has 0 saturated heterocycles. The Labute approximate surface area is 199 Å². The fourth-order valence-corrected chi connectivity index (χ4v) is 3.82. The van der Waals surface area contributed by atoms with Gasteiger partial charge in [0.2, 0.25) is 5.91 Å². The average molecular weight is 495 g/mol. The van der Waals surface area contributed by atoms with E-state index in [1.807, 2.05) is 0 Å². The molecule has 0 bridgehead atoms. The van der Waals surface area contributed by atoms with Crippen molar-refractivity contribution in [3.8, 4) is 0 Å². The summed E-state index contributed by atoms with van der Waals surface area (Å²) in [4.78, 5) is 24.8. The molecule has 1 atom stereocenters. The van der Waals surface area contributed by atoms with E-state index in [0.717, 1.165) is 11.8 Å². The second-order valence-electron chi connectivity index (χ2n) is 8.65. The van der Waals surface area contributed by atoms with Gasteiger partial charge in [-0.2, -0.15) is 0 Å². The molecule has 186 valence electrons. The van der Waals surface area contributed by atoms with Crippen molar-refractivity contribution in [3.05, 3.63) is 53.8 Å². The standard InChI is InChI=1S/C23H31FN4O5S/c1-6-17(27-28-22(30)33-23(2,3)4)21(29)26-18-8-7-9-19(34(5,31)32)20(18)25-14-15-10-12-16(24)13-11-15/h7-13,17,25,27H,6,14H2,1-5H3,(H,26,29)(H,28,30). The molecule has 0 aliphatic carbocycles. The SMILES string of the molecule is CCC(NNC(=O)OC(C)(C)C)C(=O)Nc1cccc(S(C)(=O)=O)c1NCc1ccc(F)cc1. The number of hydrazine groups is 1. The number of para-hydroxylation sites is 1. The van der Waals surface area contributed by atoms with E-state index in [0.29, 0.717) is 6.42 Å². The number of carbonyl (C=O) groups excluding carboxylic acids is 2. The minimum Gasteiger partial charge on any atom is -0.443 e.